The fourth-order valence-electron chi connectivity index (χ4n) is 1.67. The molecule has 0 fully saturated rings. The van der Waals surface area contributed by atoms with Crippen molar-refractivity contribution >= 4 is 5.97 Å². The van der Waals surface area contributed by atoms with E-state index in [9.17, 15) is 13.6 Å². The van der Waals surface area contributed by atoms with Crippen molar-refractivity contribution in [1.82, 2.24) is 9.55 Å². The topological polar surface area (TPSA) is 44.1 Å². The van der Waals surface area contributed by atoms with Gasteiger partial charge in [-0.05, 0) is 24.1 Å². The zero-order valence-electron chi connectivity index (χ0n) is 11.0. The average Bonchev–Trinajstić information content (AvgIpc) is 2.89. The van der Waals surface area contributed by atoms with Gasteiger partial charge in [0, 0.05) is 12.7 Å². The third-order valence-electron chi connectivity index (χ3n) is 2.63. The van der Waals surface area contributed by atoms with Crippen molar-refractivity contribution in [2.24, 2.45) is 0 Å². The van der Waals surface area contributed by atoms with E-state index in [1.807, 2.05) is 6.92 Å². The van der Waals surface area contributed by atoms with Crippen molar-refractivity contribution in [3.63, 3.8) is 0 Å². The number of carbonyl (C=O) groups is 1. The number of ether oxygens (including phenoxy) is 1. The van der Waals surface area contributed by atoms with Crippen LogP contribution in [0.5, 0.6) is 0 Å². The number of rotatable bonds is 5. The van der Waals surface area contributed by atoms with Gasteiger partial charge in [0.05, 0.1) is 12.9 Å². The lowest BCUT2D eigenvalue weighted by atomic mass is 10.2. The number of nitrogens with zero attached hydrogens (tertiary/aromatic N) is 2. The van der Waals surface area contributed by atoms with Crippen LogP contribution in [0, 0.1) is 11.6 Å². The van der Waals surface area contributed by atoms with Gasteiger partial charge < -0.3 is 9.30 Å². The second-order valence-corrected chi connectivity index (χ2v) is 4.32. The molecule has 106 valence electrons. The molecule has 0 aliphatic carbocycles. The Morgan fingerprint density at radius 1 is 1.35 bits per heavy atom. The molecule has 0 radical (unpaired) electrons. The Morgan fingerprint density at radius 3 is 2.85 bits per heavy atom. The highest BCUT2D eigenvalue weighted by molar-refractivity contribution is 5.86. The van der Waals surface area contributed by atoms with E-state index in [2.05, 4.69) is 4.98 Å². The highest BCUT2D eigenvalue weighted by Gasteiger charge is 2.11. The lowest BCUT2D eigenvalue weighted by molar-refractivity contribution is 0.0498. The Kier molecular flexibility index (Phi) is 4.45. The summed E-state index contributed by atoms with van der Waals surface area (Å²) in [7, 11) is 0. The highest BCUT2D eigenvalue weighted by Crippen LogP contribution is 2.10. The van der Waals surface area contributed by atoms with Crippen molar-refractivity contribution in [1.29, 1.82) is 0 Å². The highest BCUT2D eigenvalue weighted by atomic mass is 19.2. The number of halogens is 2. The molecule has 1 aromatic heterocycles. The van der Waals surface area contributed by atoms with E-state index >= 15 is 0 Å². The van der Waals surface area contributed by atoms with Crippen molar-refractivity contribution < 1.29 is 18.3 Å². The standard InChI is InChI=1S/C14H14F2N2O2/c1-2-5-20-14(19)13-8-18(9-17-13)7-10-3-4-11(15)12(16)6-10/h3-4,6,8-9H,2,5,7H2,1H3. The summed E-state index contributed by atoms with van der Waals surface area (Å²) in [4.78, 5) is 15.5. The summed E-state index contributed by atoms with van der Waals surface area (Å²) in [5.41, 5.74) is 0.774. The van der Waals surface area contributed by atoms with E-state index in [1.165, 1.54) is 18.6 Å². The zero-order valence-corrected chi connectivity index (χ0v) is 11.0. The van der Waals surface area contributed by atoms with Crippen LogP contribution in [-0.4, -0.2) is 22.1 Å². The third-order valence-corrected chi connectivity index (χ3v) is 2.63. The zero-order chi connectivity index (χ0) is 14.5. The number of carbonyl (C=O) groups excluding carboxylic acids is 1. The molecule has 0 aliphatic rings. The predicted octanol–water partition coefficient (Wildman–Crippen LogP) is 2.78. The van der Waals surface area contributed by atoms with Crippen molar-refractivity contribution in [3.8, 4) is 0 Å². The van der Waals surface area contributed by atoms with Crippen LogP contribution < -0.4 is 0 Å². The molecule has 0 bridgehead atoms. The van der Waals surface area contributed by atoms with Crippen LogP contribution in [0.15, 0.2) is 30.7 Å². The Morgan fingerprint density at radius 2 is 2.15 bits per heavy atom. The average molecular weight is 280 g/mol. The van der Waals surface area contributed by atoms with Gasteiger partial charge in [0.25, 0.3) is 0 Å². The first-order chi connectivity index (χ1) is 9.60. The molecule has 0 aliphatic heterocycles. The van der Waals surface area contributed by atoms with Crippen LogP contribution in [0.4, 0.5) is 8.78 Å². The predicted molar refractivity (Wildman–Crippen MR) is 68.3 cm³/mol. The second-order valence-electron chi connectivity index (χ2n) is 4.32. The summed E-state index contributed by atoms with van der Waals surface area (Å²) < 4.78 is 32.4. The van der Waals surface area contributed by atoms with E-state index in [0.717, 1.165) is 18.6 Å². The van der Waals surface area contributed by atoms with Gasteiger partial charge in [-0.25, -0.2) is 18.6 Å². The van der Waals surface area contributed by atoms with Gasteiger partial charge in [0.15, 0.2) is 17.3 Å². The molecule has 1 heterocycles. The summed E-state index contributed by atoms with van der Waals surface area (Å²) in [5, 5.41) is 0. The molecule has 0 spiro atoms. The Bertz CT molecular complexity index is 611. The number of imidazole rings is 1. The minimum Gasteiger partial charge on any atom is -0.461 e. The number of benzene rings is 1. The van der Waals surface area contributed by atoms with Gasteiger partial charge in [0.2, 0.25) is 0 Å². The third kappa shape index (κ3) is 3.40. The van der Waals surface area contributed by atoms with Crippen molar-refractivity contribution in [3.05, 3.63) is 53.6 Å². The molecular weight excluding hydrogens is 266 g/mol. The molecule has 0 unspecified atom stereocenters. The number of aromatic nitrogens is 2. The Balaban J connectivity index is 2.05. The second kappa shape index (κ2) is 6.27. The van der Waals surface area contributed by atoms with E-state index in [1.54, 1.807) is 4.57 Å². The molecule has 0 saturated carbocycles. The van der Waals surface area contributed by atoms with Gasteiger partial charge in [-0.15, -0.1) is 0 Å². The monoisotopic (exact) mass is 280 g/mol. The van der Waals surface area contributed by atoms with Gasteiger partial charge in [-0.1, -0.05) is 13.0 Å². The van der Waals surface area contributed by atoms with Gasteiger partial charge in [0.1, 0.15) is 0 Å². The lowest BCUT2D eigenvalue weighted by Crippen LogP contribution is -2.06. The fraction of sp³-hybridized carbons (Fsp3) is 0.286. The maximum atomic E-state index is 13.1. The van der Waals surface area contributed by atoms with E-state index in [0.29, 0.717) is 18.7 Å². The van der Waals surface area contributed by atoms with Gasteiger partial charge in [-0.2, -0.15) is 0 Å². The largest absolute Gasteiger partial charge is 0.461 e. The smallest absolute Gasteiger partial charge is 0.358 e. The first-order valence-corrected chi connectivity index (χ1v) is 6.23. The van der Waals surface area contributed by atoms with E-state index in [-0.39, 0.29) is 5.69 Å². The minimum atomic E-state index is -0.898. The van der Waals surface area contributed by atoms with E-state index in [4.69, 9.17) is 4.74 Å². The fourth-order valence-corrected chi connectivity index (χ4v) is 1.67. The summed E-state index contributed by atoms with van der Waals surface area (Å²) >= 11 is 0. The normalized spacial score (nSPS) is 10.6. The molecule has 0 atom stereocenters. The summed E-state index contributed by atoms with van der Waals surface area (Å²) in [6, 6.07) is 3.66. The molecule has 0 amide bonds. The lowest BCUT2D eigenvalue weighted by Gasteiger charge is -2.03. The molecule has 20 heavy (non-hydrogen) atoms. The van der Waals surface area contributed by atoms with Crippen molar-refractivity contribution in [2.45, 2.75) is 19.9 Å². The van der Waals surface area contributed by atoms with Crippen LogP contribution in [0.2, 0.25) is 0 Å². The first-order valence-electron chi connectivity index (χ1n) is 6.23. The molecule has 2 rings (SSSR count). The molecule has 1 aromatic carbocycles. The molecule has 2 aromatic rings. The molecule has 0 N–H and O–H groups in total. The van der Waals surface area contributed by atoms with E-state index < -0.39 is 17.6 Å². The molecule has 0 saturated heterocycles. The van der Waals surface area contributed by atoms with Crippen LogP contribution in [0.1, 0.15) is 29.4 Å². The summed E-state index contributed by atoms with van der Waals surface area (Å²) in [6.07, 6.45) is 3.70. The number of esters is 1. The van der Waals surface area contributed by atoms with Crippen LogP contribution in [-0.2, 0) is 11.3 Å². The SMILES string of the molecule is CCCOC(=O)c1cn(Cc2ccc(F)c(F)c2)cn1. The molecule has 6 heteroatoms. The first kappa shape index (κ1) is 14.2. The van der Waals surface area contributed by atoms with Gasteiger partial charge in [-0.3, -0.25) is 0 Å². The van der Waals surface area contributed by atoms with Crippen LogP contribution in [0.3, 0.4) is 0 Å². The number of hydrogen-bond acceptors (Lipinski definition) is 3. The number of hydrogen-bond donors (Lipinski definition) is 0. The van der Waals surface area contributed by atoms with Crippen LogP contribution >= 0.6 is 0 Å². The maximum Gasteiger partial charge on any atom is 0.358 e. The van der Waals surface area contributed by atoms with Gasteiger partial charge >= 0.3 is 5.97 Å². The summed E-state index contributed by atoms with van der Waals surface area (Å²) in [6.45, 7) is 2.54. The summed E-state index contributed by atoms with van der Waals surface area (Å²) in [5.74, 6) is -2.27. The van der Waals surface area contributed by atoms with Crippen molar-refractivity contribution in [2.75, 3.05) is 6.61 Å². The molecular formula is C14H14F2N2O2. The quantitative estimate of drug-likeness (QED) is 0.791. The Labute approximate surface area is 115 Å². The van der Waals surface area contributed by atoms with Crippen LogP contribution in [0.25, 0.3) is 0 Å². The minimum absolute atomic E-state index is 0.195. The maximum absolute atomic E-state index is 13.1. The Hall–Kier alpha value is -2.24. The molecule has 4 nitrogen and oxygen atoms in total.